The zero-order chi connectivity index (χ0) is 12.9. The molecule has 18 heavy (non-hydrogen) atoms. The maximum Gasteiger partial charge on any atom is 0.0993 e. The third kappa shape index (κ3) is 7.70. The van der Waals surface area contributed by atoms with Crippen LogP contribution in [-0.2, 0) is 0 Å². The molecule has 100 valence electrons. The zero-order valence-corrected chi connectivity index (χ0v) is 11.5. The predicted molar refractivity (Wildman–Crippen MR) is 83.1 cm³/mol. The van der Waals surface area contributed by atoms with Gasteiger partial charge in [-0.2, -0.15) is 0 Å². The van der Waals surface area contributed by atoms with Gasteiger partial charge in [-0.3, -0.25) is 0 Å². The fourth-order valence-corrected chi connectivity index (χ4v) is 1.37. The van der Waals surface area contributed by atoms with Crippen LogP contribution in [0.4, 0.5) is 0 Å². The highest BCUT2D eigenvalue weighted by molar-refractivity contribution is 5.49. The number of nitrogens with two attached hydrogens (primary N) is 1. The van der Waals surface area contributed by atoms with Crippen LogP contribution < -0.4 is 5.32 Å². The van der Waals surface area contributed by atoms with Gasteiger partial charge in [-0.15, -0.1) is 0 Å². The summed E-state index contributed by atoms with van der Waals surface area (Å²) in [4.78, 5) is 0. The lowest BCUT2D eigenvalue weighted by molar-refractivity contribution is -0.578. The Morgan fingerprint density at radius 1 is 1.44 bits per heavy atom. The van der Waals surface area contributed by atoms with E-state index >= 15 is 0 Å². The van der Waals surface area contributed by atoms with Gasteiger partial charge < -0.3 is 5.32 Å². The van der Waals surface area contributed by atoms with E-state index in [2.05, 4.69) is 48.5 Å². The van der Waals surface area contributed by atoms with Gasteiger partial charge in [0.2, 0.25) is 0 Å². The van der Waals surface area contributed by atoms with Gasteiger partial charge in [-0.1, -0.05) is 52.2 Å². The molecule has 1 heterocycles. The molecule has 0 atom stereocenters. The van der Waals surface area contributed by atoms with Gasteiger partial charge in [-0.25, -0.2) is 0 Å². The van der Waals surface area contributed by atoms with E-state index in [1.54, 1.807) is 0 Å². The summed E-state index contributed by atoms with van der Waals surface area (Å²) in [6.45, 7) is 9.10. The first-order valence-electron chi connectivity index (χ1n) is 6.40. The Kier molecular flexibility index (Phi) is 14.2. The Morgan fingerprint density at radius 2 is 2.17 bits per heavy atom. The van der Waals surface area contributed by atoms with Crippen molar-refractivity contribution in [2.24, 2.45) is 0 Å². The molecule has 0 saturated heterocycles. The van der Waals surface area contributed by atoms with E-state index in [-0.39, 0.29) is 7.43 Å². The molecule has 2 N–H and O–H groups in total. The maximum absolute atomic E-state index is 3.07. The van der Waals surface area contributed by atoms with Crippen molar-refractivity contribution in [3.8, 4) is 11.8 Å². The van der Waals surface area contributed by atoms with Crippen LogP contribution in [0.15, 0.2) is 47.7 Å². The standard InChI is InChI=1S/C14H17N.C2H6.CH4/c1-3-5-6-8-13(7-4-2)14-9-11-15-12-10-14;1-2;/h4,7-11,15H,3,12H2,1-2H3;1-2H3;1H4/p+1/b7-4-,13-8+;;. The van der Waals surface area contributed by atoms with Crippen molar-refractivity contribution in [2.45, 2.75) is 41.5 Å². The Balaban J connectivity index is 0. The monoisotopic (exact) mass is 246 g/mol. The fraction of sp³-hybridized carbons (Fsp3) is 0.412. The normalized spacial score (nSPS) is 13.8. The first-order chi connectivity index (χ1) is 8.38. The van der Waals surface area contributed by atoms with Gasteiger partial charge in [0.05, 0.1) is 12.7 Å². The average Bonchev–Trinajstić information content (AvgIpc) is 2.41. The first kappa shape index (κ1) is 18.8. The van der Waals surface area contributed by atoms with Gasteiger partial charge in [-0.05, 0) is 36.3 Å². The molecule has 0 spiro atoms. The second-order valence-corrected chi connectivity index (χ2v) is 3.26. The van der Waals surface area contributed by atoms with E-state index in [1.165, 1.54) is 11.1 Å². The van der Waals surface area contributed by atoms with E-state index in [1.807, 2.05) is 32.9 Å². The number of allylic oxidation sites excluding steroid dienone is 6. The molecular formula is C17H28N+. The van der Waals surface area contributed by atoms with Crippen LogP contribution in [0, 0.1) is 11.8 Å². The molecule has 0 unspecified atom stereocenters. The van der Waals surface area contributed by atoms with E-state index < -0.39 is 0 Å². The summed E-state index contributed by atoms with van der Waals surface area (Å²) in [5.41, 5.74) is 2.46. The van der Waals surface area contributed by atoms with Crippen molar-refractivity contribution in [3.63, 3.8) is 0 Å². The fourth-order valence-electron chi connectivity index (χ4n) is 1.37. The van der Waals surface area contributed by atoms with Crippen LogP contribution in [-0.4, -0.2) is 6.54 Å². The molecule has 1 nitrogen and oxygen atoms in total. The van der Waals surface area contributed by atoms with Gasteiger partial charge in [0.25, 0.3) is 0 Å². The molecule has 0 aliphatic carbocycles. The molecule has 1 aliphatic rings. The molecular weight excluding hydrogens is 218 g/mol. The first-order valence-corrected chi connectivity index (χ1v) is 6.40. The summed E-state index contributed by atoms with van der Waals surface area (Å²) in [5.74, 6) is 6.13. The number of hydrogen-bond donors (Lipinski definition) is 1. The summed E-state index contributed by atoms with van der Waals surface area (Å²) >= 11 is 0. The highest BCUT2D eigenvalue weighted by Gasteiger charge is 2.01. The van der Waals surface area contributed by atoms with Crippen LogP contribution >= 0.6 is 0 Å². The van der Waals surface area contributed by atoms with Crippen LogP contribution in [0.25, 0.3) is 0 Å². The van der Waals surface area contributed by atoms with Crippen molar-refractivity contribution >= 4 is 0 Å². The Hall–Kier alpha value is -1.52. The van der Waals surface area contributed by atoms with Gasteiger partial charge in [0, 0.05) is 6.42 Å². The highest BCUT2D eigenvalue weighted by atomic mass is 14.8. The van der Waals surface area contributed by atoms with Crippen molar-refractivity contribution < 1.29 is 5.32 Å². The van der Waals surface area contributed by atoms with Crippen LogP contribution in [0.3, 0.4) is 0 Å². The number of quaternary nitrogens is 1. The van der Waals surface area contributed by atoms with Crippen molar-refractivity contribution in [1.29, 1.82) is 0 Å². The lowest BCUT2D eigenvalue weighted by atomic mass is 10.0. The van der Waals surface area contributed by atoms with Crippen LogP contribution in [0.2, 0.25) is 0 Å². The minimum absolute atomic E-state index is 0. The molecule has 0 fully saturated rings. The van der Waals surface area contributed by atoms with E-state index in [4.69, 9.17) is 0 Å². The molecule has 0 bridgehead atoms. The van der Waals surface area contributed by atoms with Crippen LogP contribution in [0.1, 0.15) is 41.5 Å². The van der Waals surface area contributed by atoms with E-state index in [0.717, 1.165) is 13.0 Å². The van der Waals surface area contributed by atoms with Gasteiger partial charge in [0.15, 0.2) is 0 Å². The maximum atomic E-state index is 3.07. The summed E-state index contributed by atoms with van der Waals surface area (Å²) in [7, 11) is 0. The minimum atomic E-state index is 0. The molecule has 1 aliphatic heterocycles. The van der Waals surface area contributed by atoms with Crippen LogP contribution in [0.5, 0.6) is 0 Å². The van der Waals surface area contributed by atoms with Crippen molar-refractivity contribution in [2.75, 3.05) is 6.54 Å². The van der Waals surface area contributed by atoms with Crippen molar-refractivity contribution in [3.05, 3.63) is 47.7 Å². The average molecular weight is 246 g/mol. The molecule has 0 aromatic rings. The third-order valence-corrected chi connectivity index (χ3v) is 2.07. The summed E-state index contributed by atoms with van der Waals surface area (Å²) in [6.07, 6.45) is 13.5. The third-order valence-electron chi connectivity index (χ3n) is 2.07. The highest BCUT2D eigenvalue weighted by Crippen LogP contribution is 2.13. The lowest BCUT2D eigenvalue weighted by Gasteiger charge is -2.05. The second kappa shape index (κ2) is 13.5. The molecule has 0 radical (unpaired) electrons. The summed E-state index contributed by atoms with van der Waals surface area (Å²) in [6, 6.07) is 0. The molecule has 0 aromatic carbocycles. The van der Waals surface area contributed by atoms with E-state index in [0.29, 0.717) is 0 Å². The smallest absolute Gasteiger partial charge is 0.0993 e. The SMILES string of the molecule is C.C/C=C\C(=C/C#CCC)C1=CC[NH2+]C=C1.CC. The number of rotatable bonds is 2. The van der Waals surface area contributed by atoms with E-state index in [9.17, 15) is 0 Å². The second-order valence-electron chi connectivity index (χ2n) is 3.26. The zero-order valence-electron chi connectivity index (χ0n) is 11.5. The topological polar surface area (TPSA) is 16.6 Å². The Bertz CT molecular complexity index is 370. The summed E-state index contributed by atoms with van der Waals surface area (Å²) in [5, 5.41) is 2.15. The lowest BCUT2D eigenvalue weighted by Crippen LogP contribution is -2.78. The van der Waals surface area contributed by atoms with Gasteiger partial charge in [0.1, 0.15) is 0 Å². The molecule has 1 rings (SSSR count). The molecule has 0 amide bonds. The van der Waals surface area contributed by atoms with Gasteiger partial charge >= 0.3 is 0 Å². The molecule has 0 aromatic heterocycles. The van der Waals surface area contributed by atoms with Crippen molar-refractivity contribution in [1.82, 2.24) is 0 Å². The quantitative estimate of drug-likeness (QED) is 0.566. The summed E-state index contributed by atoms with van der Waals surface area (Å²) < 4.78 is 0. The Morgan fingerprint density at radius 3 is 2.67 bits per heavy atom. The minimum Gasteiger partial charge on any atom is -0.317 e. The number of hydrogen-bond acceptors (Lipinski definition) is 0. The Labute approximate surface area is 113 Å². The predicted octanol–water partition coefficient (Wildman–Crippen LogP) is 3.58. The molecule has 1 heteroatoms. The molecule has 0 saturated carbocycles. The largest absolute Gasteiger partial charge is 0.317 e.